The first-order chi connectivity index (χ1) is 8.13. The van der Waals surface area contributed by atoms with Crippen molar-refractivity contribution >= 4 is 21.6 Å². The third-order valence-electron chi connectivity index (χ3n) is 3.45. The molecule has 1 aliphatic carbocycles. The van der Waals surface area contributed by atoms with Crippen LogP contribution >= 0.6 is 15.9 Å². The van der Waals surface area contributed by atoms with Crippen LogP contribution in [-0.2, 0) is 0 Å². The van der Waals surface area contributed by atoms with Crippen LogP contribution in [0.15, 0.2) is 28.7 Å². The van der Waals surface area contributed by atoms with Crippen molar-refractivity contribution < 1.29 is 0 Å². The van der Waals surface area contributed by atoms with Gasteiger partial charge in [-0.25, -0.2) is 0 Å². The van der Waals surface area contributed by atoms with Crippen LogP contribution in [0.3, 0.4) is 0 Å². The van der Waals surface area contributed by atoms with E-state index in [0.717, 1.165) is 22.5 Å². The Morgan fingerprint density at radius 3 is 2.71 bits per heavy atom. The predicted molar refractivity (Wildman–Crippen MR) is 73.7 cm³/mol. The van der Waals surface area contributed by atoms with E-state index in [1.807, 2.05) is 31.2 Å². The summed E-state index contributed by atoms with van der Waals surface area (Å²) in [5.74, 6) is 0.717. The van der Waals surface area contributed by atoms with Gasteiger partial charge in [0.05, 0.1) is 6.07 Å². The molecule has 1 aromatic carbocycles. The summed E-state index contributed by atoms with van der Waals surface area (Å²) in [4.78, 5) is 0. The fourth-order valence-electron chi connectivity index (χ4n) is 2.26. The third-order valence-corrected chi connectivity index (χ3v) is 4.14. The number of nitrogens with zero attached hydrogens (tertiary/aromatic N) is 1. The predicted octanol–water partition coefficient (Wildman–Crippen LogP) is 4.33. The lowest BCUT2D eigenvalue weighted by Gasteiger charge is -2.33. The number of rotatable bonds is 4. The summed E-state index contributed by atoms with van der Waals surface area (Å²) in [5.41, 5.74) is 0.533. The lowest BCUT2D eigenvalue weighted by molar-refractivity contribution is 0.267. The van der Waals surface area contributed by atoms with E-state index in [9.17, 15) is 5.26 Å². The van der Waals surface area contributed by atoms with Gasteiger partial charge in [-0.05, 0) is 47.3 Å². The molecule has 1 unspecified atom stereocenters. The smallest absolute Gasteiger partial charge is 0.122 e. The van der Waals surface area contributed by atoms with Gasteiger partial charge in [-0.1, -0.05) is 31.4 Å². The van der Waals surface area contributed by atoms with Crippen LogP contribution in [0, 0.1) is 17.2 Å². The first kappa shape index (κ1) is 12.4. The maximum Gasteiger partial charge on any atom is 0.122 e. The molecular weight excluding hydrogens is 276 g/mol. The molecule has 0 saturated heterocycles. The quantitative estimate of drug-likeness (QED) is 0.896. The van der Waals surface area contributed by atoms with Gasteiger partial charge in [0.15, 0.2) is 0 Å². The monoisotopic (exact) mass is 292 g/mol. The normalized spacial score (nSPS) is 18.9. The van der Waals surface area contributed by atoms with E-state index in [-0.39, 0.29) is 0 Å². The molecule has 1 atom stereocenters. The fraction of sp³-hybridized carbons (Fsp3) is 0.500. The van der Waals surface area contributed by atoms with Gasteiger partial charge in [-0.3, -0.25) is 0 Å². The summed E-state index contributed by atoms with van der Waals surface area (Å²) in [6, 6.07) is 10.4. The van der Waals surface area contributed by atoms with Crippen molar-refractivity contribution in [2.75, 3.05) is 5.32 Å². The molecule has 1 aromatic rings. The minimum atomic E-state index is -0.463. The maximum absolute atomic E-state index is 9.38. The summed E-state index contributed by atoms with van der Waals surface area (Å²) in [6.45, 7) is 1.99. The second-order valence-electron chi connectivity index (χ2n) is 5.05. The molecule has 1 aliphatic rings. The number of hydrogen-bond donors (Lipinski definition) is 1. The molecule has 2 rings (SSSR count). The first-order valence-corrected chi connectivity index (χ1v) is 6.86. The summed E-state index contributed by atoms with van der Waals surface area (Å²) in [7, 11) is 0. The highest BCUT2D eigenvalue weighted by molar-refractivity contribution is 9.10. The molecule has 1 saturated carbocycles. The van der Waals surface area contributed by atoms with Crippen molar-refractivity contribution in [1.29, 1.82) is 5.26 Å². The number of anilines is 1. The molecule has 90 valence electrons. The number of benzene rings is 1. The average Bonchev–Trinajstić information content (AvgIpc) is 2.27. The largest absolute Gasteiger partial charge is 0.367 e. The highest BCUT2D eigenvalue weighted by atomic mass is 79.9. The number of nitrogens with one attached hydrogen (secondary N) is 1. The second kappa shape index (κ2) is 5.10. The number of para-hydroxylation sites is 1. The van der Waals surface area contributed by atoms with Crippen molar-refractivity contribution in [3.8, 4) is 6.07 Å². The summed E-state index contributed by atoms with van der Waals surface area (Å²) in [5, 5.41) is 12.7. The molecule has 0 aromatic heterocycles. The topological polar surface area (TPSA) is 35.8 Å². The van der Waals surface area contributed by atoms with E-state index in [1.165, 1.54) is 19.3 Å². The fourth-order valence-corrected chi connectivity index (χ4v) is 2.64. The Morgan fingerprint density at radius 1 is 1.47 bits per heavy atom. The Morgan fingerprint density at radius 2 is 2.18 bits per heavy atom. The summed E-state index contributed by atoms with van der Waals surface area (Å²) < 4.78 is 1.01. The SMILES string of the molecule is CC(C#N)(CC1CCC1)Nc1ccccc1Br. The van der Waals surface area contributed by atoms with Gasteiger partial charge in [0.25, 0.3) is 0 Å². The van der Waals surface area contributed by atoms with Crippen LogP contribution in [0.5, 0.6) is 0 Å². The lowest BCUT2D eigenvalue weighted by Crippen LogP contribution is -2.37. The molecule has 0 amide bonds. The van der Waals surface area contributed by atoms with E-state index >= 15 is 0 Å². The summed E-state index contributed by atoms with van der Waals surface area (Å²) in [6.07, 6.45) is 4.80. The number of halogens is 1. The lowest BCUT2D eigenvalue weighted by atomic mass is 9.77. The molecule has 0 spiro atoms. The van der Waals surface area contributed by atoms with Gasteiger partial charge >= 0.3 is 0 Å². The molecule has 17 heavy (non-hydrogen) atoms. The summed E-state index contributed by atoms with van der Waals surface area (Å²) >= 11 is 3.50. The van der Waals surface area contributed by atoms with Crippen molar-refractivity contribution in [3.63, 3.8) is 0 Å². The maximum atomic E-state index is 9.38. The molecule has 0 bridgehead atoms. The molecule has 1 N–H and O–H groups in total. The zero-order valence-electron chi connectivity index (χ0n) is 10.0. The van der Waals surface area contributed by atoms with Crippen molar-refractivity contribution in [1.82, 2.24) is 0 Å². The Bertz CT molecular complexity index is 434. The van der Waals surface area contributed by atoms with Crippen molar-refractivity contribution in [2.45, 2.75) is 38.1 Å². The zero-order chi connectivity index (χ0) is 12.3. The second-order valence-corrected chi connectivity index (χ2v) is 5.90. The van der Waals surface area contributed by atoms with Crippen molar-refractivity contribution in [3.05, 3.63) is 28.7 Å². The highest BCUT2D eigenvalue weighted by Crippen LogP contribution is 2.35. The highest BCUT2D eigenvalue weighted by Gasteiger charge is 2.31. The standard InChI is InChI=1S/C14H17BrN2/c1-14(10-16,9-11-5-4-6-11)17-13-8-3-2-7-12(13)15/h2-3,7-8,11,17H,4-6,9H2,1H3. The molecule has 0 radical (unpaired) electrons. The first-order valence-electron chi connectivity index (χ1n) is 6.07. The average molecular weight is 293 g/mol. The van der Waals surface area contributed by atoms with E-state index in [4.69, 9.17) is 0 Å². The van der Waals surface area contributed by atoms with Crippen LogP contribution < -0.4 is 5.32 Å². The Balaban J connectivity index is 2.08. The molecule has 1 fully saturated rings. The Kier molecular flexibility index (Phi) is 3.73. The van der Waals surface area contributed by atoms with E-state index in [1.54, 1.807) is 0 Å². The number of hydrogen-bond acceptors (Lipinski definition) is 2. The number of nitriles is 1. The molecule has 3 heteroatoms. The van der Waals surface area contributed by atoms with Gasteiger partial charge < -0.3 is 5.32 Å². The van der Waals surface area contributed by atoms with Crippen molar-refractivity contribution in [2.24, 2.45) is 5.92 Å². The van der Waals surface area contributed by atoms with Crippen LogP contribution in [0.4, 0.5) is 5.69 Å². The van der Waals surface area contributed by atoms with E-state index in [2.05, 4.69) is 27.3 Å². The molecule has 0 aliphatic heterocycles. The zero-order valence-corrected chi connectivity index (χ0v) is 11.6. The van der Waals surface area contributed by atoms with Crippen LogP contribution in [0.2, 0.25) is 0 Å². The molecular formula is C14H17BrN2. The Hall–Kier alpha value is -1.01. The van der Waals surface area contributed by atoms with E-state index in [0.29, 0.717) is 0 Å². The van der Waals surface area contributed by atoms with Gasteiger partial charge in [-0.15, -0.1) is 0 Å². The van der Waals surface area contributed by atoms with Gasteiger partial charge in [0.2, 0.25) is 0 Å². The minimum Gasteiger partial charge on any atom is -0.367 e. The third kappa shape index (κ3) is 3.01. The van der Waals surface area contributed by atoms with E-state index < -0.39 is 5.54 Å². The van der Waals surface area contributed by atoms with Crippen LogP contribution in [-0.4, -0.2) is 5.54 Å². The molecule has 2 nitrogen and oxygen atoms in total. The van der Waals surface area contributed by atoms with Gasteiger partial charge in [0.1, 0.15) is 5.54 Å². The van der Waals surface area contributed by atoms with Crippen LogP contribution in [0.25, 0.3) is 0 Å². The van der Waals surface area contributed by atoms with Crippen LogP contribution in [0.1, 0.15) is 32.6 Å². The molecule has 0 heterocycles. The Labute approximate surface area is 111 Å². The minimum absolute atomic E-state index is 0.463. The van der Waals surface area contributed by atoms with Gasteiger partial charge in [0, 0.05) is 10.2 Å². The van der Waals surface area contributed by atoms with Gasteiger partial charge in [-0.2, -0.15) is 5.26 Å².